The molecule has 0 spiro atoms. The van der Waals surface area contributed by atoms with Crippen molar-refractivity contribution in [2.24, 2.45) is 5.92 Å². The average Bonchev–Trinajstić information content (AvgIpc) is 3.22. The molecule has 0 radical (unpaired) electrons. The fourth-order valence-corrected chi connectivity index (χ4v) is 3.22. The molecule has 1 saturated heterocycles. The molecule has 1 aliphatic rings. The second-order valence-corrected chi connectivity index (χ2v) is 6.54. The molecule has 2 heterocycles. The average molecular weight is 363 g/mol. The summed E-state index contributed by atoms with van der Waals surface area (Å²) in [5.74, 6) is -1.64. The minimum Gasteiger partial charge on any atom is -0.481 e. The number of carboxylic acid groups (broad SMARTS) is 1. The van der Waals surface area contributed by atoms with Crippen LogP contribution in [0.2, 0.25) is 5.02 Å². The van der Waals surface area contributed by atoms with Crippen LogP contribution in [0, 0.1) is 5.92 Å². The first-order valence-electron chi connectivity index (χ1n) is 8.23. The molecular weight excluding hydrogens is 344 g/mol. The van der Waals surface area contributed by atoms with Gasteiger partial charge in [-0.05, 0) is 31.0 Å². The number of halogens is 1. The first-order valence-corrected chi connectivity index (χ1v) is 8.61. The van der Waals surface area contributed by atoms with Crippen LogP contribution in [0.5, 0.6) is 0 Å². The fraction of sp³-hybridized carbons (Fsp3) is 0.412. The highest BCUT2D eigenvalue weighted by Crippen LogP contribution is 2.22. The zero-order valence-corrected chi connectivity index (χ0v) is 14.6. The number of likely N-dealkylation sites (tertiary alicyclic amines) is 1. The number of hydrogen-bond donors (Lipinski definition) is 1. The summed E-state index contributed by atoms with van der Waals surface area (Å²) >= 11 is 6.05. The molecule has 8 heteroatoms. The summed E-state index contributed by atoms with van der Waals surface area (Å²) in [5.41, 5.74) is 1.74. The lowest BCUT2D eigenvalue weighted by atomic mass is 10.1. The number of amides is 1. The highest BCUT2D eigenvalue weighted by Gasteiger charge is 2.33. The Bertz CT molecular complexity index is 805. The monoisotopic (exact) mass is 362 g/mol. The lowest BCUT2D eigenvalue weighted by Crippen LogP contribution is -2.31. The number of hydrogen-bond acceptors (Lipinski definition) is 4. The second-order valence-electron chi connectivity index (χ2n) is 6.10. The number of rotatable bonds is 5. The number of carboxylic acids is 1. The quantitative estimate of drug-likeness (QED) is 0.882. The number of carbonyl (C=O) groups excluding carboxylic acids is 1. The maximum atomic E-state index is 12.8. The topological polar surface area (TPSA) is 88.3 Å². The van der Waals surface area contributed by atoms with E-state index in [1.807, 2.05) is 19.1 Å². The molecule has 7 nitrogen and oxygen atoms in total. The Kier molecular flexibility index (Phi) is 5.03. The molecule has 1 N–H and O–H groups in total. The van der Waals surface area contributed by atoms with Crippen LogP contribution < -0.4 is 0 Å². The Labute approximate surface area is 150 Å². The van der Waals surface area contributed by atoms with Crippen molar-refractivity contribution < 1.29 is 14.7 Å². The van der Waals surface area contributed by atoms with E-state index in [-0.39, 0.29) is 18.1 Å². The first kappa shape index (κ1) is 17.4. The van der Waals surface area contributed by atoms with Gasteiger partial charge in [-0.2, -0.15) is 0 Å². The Morgan fingerprint density at radius 2 is 2.20 bits per heavy atom. The van der Waals surface area contributed by atoms with E-state index in [2.05, 4.69) is 10.3 Å². The van der Waals surface area contributed by atoms with Crippen LogP contribution in [0.1, 0.15) is 35.9 Å². The third-order valence-electron chi connectivity index (χ3n) is 4.33. The van der Waals surface area contributed by atoms with Gasteiger partial charge in [0.1, 0.15) is 0 Å². The van der Waals surface area contributed by atoms with Gasteiger partial charge in [0.25, 0.3) is 5.91 Å². The van der Waals surface area contributed by atoms with Gasteiger partial charge < -0.3 is 10.0 Å². The molecule has 2 aromatic rings. The SMILES string of the molecule is CCCc1c(C(=O)N2CCC(C(=O)O)C2)nnn1-c1cccc(Cl)c1. The van der Waals surface area contributed by atoms with Crippen molar-refractivity contribution in [3.63, 3.8) is 0 Å². The van der Waals surface area contributed by atoms with Gasteiger partial charge in [0.2, 0.25) is 0 Å². The molecule has 1 fully saturated rings. The van der Waals surface area contributed by atoms with E-state index in [0.29, 0.717) is 30.1 Å². The molecule has 3 rings (SSSR count). The van der Waals surface area contributed by atoms with Crippen molar-refractivity contribution in [3.05, 3.63) is 40.7 Å². The molecule has 1 aromatic heterocycles. The van der Waals surface area contributed by atoms with Crippen LogP contribution in [-0.2, 0) is 11.2 Å². The van der Waals surface area contributed by atoms with Gasteiger partial charge in [0.05, 0.1) is 17.3 Å². The van der Waals surface area contributed by atoms with E-state index >= 15 is 0 Å². The van der Waals surface area contributed by atoms with E-state index in [1.54, 1.807) is 21.7 Å². The van der Waals surface area contributed by atoms with Gasteiger partial charge in [-0.1, -0.05) is 36.2 Å². The summed E-state index contributed by atoms with van der Waals surface area (Å²) in [6.45, 7) is 2.65. The van der Waals surface area contributed by atoms with Crippen LogP contribution >= 0.6 is 11.6 Å². The van der Waals surface area contributed by atoms with E-state index in [4.69, 9.17) is 16.7 Å². The fourth-order valence-electron chi connectivity index (χ4n) is 3.04. The minimum atomic E-state index is -0.869. The zero-order valence-electron chi connectivity index (χ0n) is 13.9. The van der Waals surface area contributed by atoms with Crippen molar-refractivity contribution in [3.8, 4) is 5.69 Å². The van der Waals surface area contributed by atoms with Gasteiger partial charge in [-0.25, -0.2) is 4.68 Å². The van der Waals surface area contributed by atoms with Crippen molar-refractivity contribution in [1.82, 2.24) is 19.9 Å². The Hall–Kier alpha value is -2.41. The van der Waals surface area contributed by atoms with Crippen molar-refractivity contribution in [2.45, 2.75) is 26.2 Å². The number of carbonyl (C=O) groups is 2. The predicted molar refractivity (Wildman–Crippen MR) is 92.0 cm³/mol. The molecule has 0 bridgehead atoms. The lowest BCUT2D eigenvalue weighted by Gasteiger charge is -2.15. The molecule has 1 aliphatic heterocycles. The molecule has 1 aromatic carbocycles. The summed E-state index contributed by atoms with van der Waals surface area (Å²) in [6.07, 6.45) is 1.93. The lowest BCUT2D eigenvalue weighted by molar-refractivity contribution is -0.141. The Morgan fingerprint density at radius 3 is 2.84 bits per heavy atom. The van der Waals surface area contributed by atoms with E-state index in [9.17, 15) is 9.59 Å². The Balaban J connectivity index is 1.92. The van der Waals surface area contributed by atoms with Crippen LogP contribution in [0.15, 0.2) is 24.3 Å². The smallest absolute Gasteiger partial charge is 0.308 e. The first-order chi connectivity index (χ1) is 12.0. The van der Waals surface area contributed by atoms with E-state index < -0.39 is 11.9 Å². The van der Waals surface area contributed by atoms with Gasteiger partial charge in [0.15, 0.2) is 5.69 Å². The van der Waals surface area contributed by atoms with Crippen molar-refractivity contribution in [1.29, 1.82) is 0 Å². The molecule has 0 aliphatic carbocycles. The van der Waals surface area contributed by atoms with Gasteiger partial charge in [-0.3, -0.25) is 9.59 Å². The summed E-state index contributed by atoms with van der Waals surface area (Å²) in [5, 5.41) is 17.9. The summed E-state index contributed by atoms with van der Waals surface area (Å²) in [7, 11) is 0. The van der Waals surface area contributed by atoms with E-state index in [0.717, 1.165) is 12.1 Å². The molecular formula is C17H19ClN4O3. The minimum absolute atomic E-state index is 0.212. The van der Waals surface area contributed by atoms with E-state index in [1.165, 1.54) is 0 Å². The highest BCUT2D eigenvalue weighted by atomic mass is 35.5. The molecule has 0 saturated carbocycles. The molecule has 1 atom stereocenters. The standard InChI is InChI=1S/C17H19ClN4O3/c1-2-4-14-15(16(23)21-8-7-11(10-21)17(24)25)19-20-22(14)13-6-3-5-12(18)9-13/h3,5-6,9,11H,2,4,7-8,10H2,1H3,(H,24,25). The van der Waals surface area contributed by atoms with Crippen LogP contribution in [0.25, 0.3) is 5.69 Å². The molecule has 1 amide bonds. The van der Waals surface area contributed by atoms with Crippen molar-refractivity contribution >= 4 is 23.5 Å². The largest absolute Gasteiger partial charge is 0.481 e. The third-order valence-corrected chi connectivity index (χ3v) is 4.57. The highest BCUT2D eigenvalue weighted by molar-refractivity contribution is 6.30. The maximum absolute atomic E-state index is 12.8. The van der Waals surface area contributed by atoms with Crippen molar-refractivity contribution in [2.75, 3.05) is 13.1 Å². The molecule has 25 heavy (non-hydrogen) atoms. The second kappa shape index (κ2) is 7.23. The molecule has 132 valence electrons. The maximum Gasteiger partial charge on any atom is 0.308 e. The normalized spacial score (nSPS) is 17.0. The van der Waals surface area contributed by atoms with Gasteiger partial charge >= 0.3 is 5.97 Å². The van der Waals surface area contributed by atoms with Crippen LogP contribution in [0.4, 0.5) is 0 Å². The van der Waals surface area contributed by atoms with Gasteiger partial charge in [0, 0.05) is 18.1 Å². The molecule has 1 unspecified atom stereocenters. The van der Waals surface area contributed by atoms with Crippen LogP contribution in [-0.4, -0.2) is 50.0 Å². The number of nitrogens with zero attached hydrogens (tertiary/aromatic N) is 4. The Morgan fingerprint density at radius 1 is 1.40 bits per heavy atom. The summed E-state index contributed by atoms with van der Waals surface area (Å²) in [4.78, 5) is 25.5. The van der Waals surface area contributed by atoms with Crippen LogP contribution in [0.3, 0.4) is 0 Å². The number of aromatic nitrogens is 3. The predicted octanol–water partition coefficient (Wildman–Crippen LogP) is 2.42. The number of benzene rings is 1. The summed E-state index contributed by atoms with van der Waals surface area (Å²) < 4.78 is 1.63. The number of aliphatic carboxylic acids is 1. The third kappa shape index (κ3) is 3.51. The van der Waals surface area contributed by atoms with Gasteiger partial charge in [-0.15, -0.1) is 5.10 Å². The zero-order chi connectivity index (χ0) is 18.0. The summed E-state index contributed by atoms with van der Waals surface area (Å²) in [6, 6.07) is 7.20.